The Bertz CT molecular complexity index is 1360. The van der Waals surface area contributed by atoms with Gasteiger partial charge in [0.2, 0.25) is 0 Å². The van der Waals surface area contributed by atoms with Crippen molar-refractivity contribution in [3.8, 4) is 11.4 Å². The number of anilines is 1. The van der Waals surface area contributed by atoms with Crippen LogP contribution in [0.4, 0.5) is 10.1 Å². The standard InChI is InChI=1S/C25H25FN6O2S/c1-15-19(16(2)34-31-15)14-35-25-18(7-6-11-27-25)24(33)28-21-13-17(9-10-20(21)26)23-30-29-22-8-4-3-5-12-32(22)23/h6-7,9-11,13H,3-5,8,12,14H2,1-2H3,(H,28,33). The minimum Gasteiger partial charge on any atom is -0.361 e. The van der Waals surface area contributed by atoms with Crippen molar-refractivity contribution in [3.05, 3.63) is 70.8 Å². The Morgan fingerprint density at radius 2 is 2.09 bits per heavy atom. The lowest BCUT2D eigenvalue weighted by Gasteiger charge is -2.12. The molecule has 1 aliphatic rings. The molecule has 0 saturated heterocycles. The van der Waals surface area contributed by atoms with Crippen LogP contribution in [-0.4, -0.2) is 30.8 Å². The van der Waals surface area contributed by atoms with Gasteiger partial charge in [-0.3, -0.25) is 4.79 Å². The number of aryl methyl sites for hydroxylation is 3. The molecule has 1 aliphatic heterocycles. The lowest BCUT2D eigenvalue weighted by molar-refractivity contribution is 0.102. The highest BCUT2D eigenvalue weighted by atomic mass is 32.2. The minimum absolute atomic E-state index is 0.0870. The van der Waals surface area contributed by atoms with Crippen LogP contribution in [-0.2, 0) is 18.7 Å². The minimum atomic E-state index is -0.522. The molecule has 0 unspecified atom stereocenters. The van der Waals surface area contributed by atoms with Crippen LogP contribution in [0.5, 0.6) is 0 Å². The number of amides is 1. The second kappa shape index (κ2) is 9.99. The van der Waals surface area contributed by atoms with Crippen molar-refractivity contribution in [3.63, 3.8) is 0 Å². The maximum Gasteiger partial charge on any atom is 0.258 e. The van der Waals surface area contributed by atoms with E-state index in [2.05, 4.69) is 30.2 Å². The van der Waals surface area contributed by atoms with Gasteiger partial charge in [-0.1, -0.05) is 11.6 Å². The van der Waals surface area contributed by atoms with Crippen LogP contribution in [0.1, 0.15) is 52.5 Å². The number of hydrogen-bond donors (Lipinski definition) is 1. The summed E-state index contributed by atoms with van der Waals surface area (Å²) < 4.78 is 22.0. The molecule has 0 atom stereocenters. The van der Waals surface area contributed by atoms with Gasteiger partial charge >= 0.3 is 0 Å². The van der Waals surface area contributed by atoms with E-state index < -0.39 is 11.7 Å². The summed E-state index contributed by atoms with van der Waals surface area (Å²) in [5.41, 5.74) is 2.94. The summed E-state index contributed by atoms with van der Waals surface area (Å²) in [6.45, 7) is 4.56. The summed E-state index contributed by atoms with van der Waals surface area (Å²) in [6.07, 6.45) is 5.80. The quantitative estimate of drug-likeness (QED) is 0.362. The topological polar surface area (TPSA) is 98.7 Å². The molecule has 5 rings (SSSR count). The number of carbonyl (C=O) groups excluding carboxylic acids is 1. The molecule has 0 saturated carbocycles. The van der Waals surface area contributed by atoms with Crippen LogP contribution in [0, 0.1) is 19.7 Å². The van der Waals surface area contributed by atoms with Gasteiger partial charge in [0.1, 0.15) is 22.4 Å². The van der Waals surface area contributed by atoms with Crippen molar-refractivity contribution in [2.45, 2.75) is 56.9 Å². The summed E-state index contributed by atoms with van der Waals surface area (Å²) >= 11 is 1.41. The van der Waals surface area contributed by atoms with E-state index in [1.807, 2.05) is 13.8 Å². The summed E-state index contributed by atoms with van der Waals surface area (Å²) in [6, 6.07) is 8.00. The number of benzene rings is 1. The van der Waals surface area contributed by atoms with Gasteiger partial charge in [0.05, 0.1) is 16.9 Å². The van der Waals surface area contributed by atoms with E-state index in [9.17, 15) is 9.18 Å². The monoisotopic (exact) mass is 492 g/mol. The first-order valence-electron chi connectivity index (χ1n) is 11.5. The largest absolute Gasteiger partial charge is 0.361 e. The predicted molar refractivity (Wildman–Crippen MR) is 131 cm³/mol. The molecule has 35 heavy (non-hydrogen) atoms. The number of nitrogens with zero attached hydrogens (tertiary/aromatic N) is 5. The predicted octanol–water partition coefficient (Wildman–Crippen LogP) is 5.36. The van der Waals surface area contributed by atoms with Gasteiger partial charge in [-0.05, 0) is 57.0 Å². The number of nitrogens with one attached hydrogen (secondary N) is 1. The van der Waals surface area contributed by atoms with E-state index in [4.69, 9.17) is 4.52 Å². The molecule has 0 spiro atoms. The van der Waals surface area contributed by atoms with Crippen molar-refractivity contribution in [2.75, 3.05) is 5.32 Å². The highest BCUT2D eigenvalue weighted by Gasteiger charge is 2.20. The zero-order chi connectivity index (χ0) is 24.4. The van der Waals surface area contributed by atoms with E-state index in [-0.39, 0.29) is 5.69 Å². The third kappa shape index (κ3) is 4.84. The fourth-order valence-electron chi connectivity index (χ4n) is 4.18. The van der Waals surface area contributed by atoms with Crippen molar-refractivity contribution >= 4 is 23.4 Å². The first-order valence-corrected chi connectivity index (χ1v) is 12.5. The van der Waals surface area contributed by atoms with Crippen LogP contribution in [0.2, 0.25) is 0 Å². The molecule has 3 aromatic heterocycles. The SMILES string of the molecule is Cc1noc(C)c1CSc1ncccc1C(=O)Nc1cc(-c2nnc3n2CCCCC3)ccc1F. The van der Waals surface area contributed by atoms with E-state index in [0.717, 1.165) is 55.1 Å². The fourth-order valence-corrected chi connectivity index (χ4v) is 5.32. The first kappa shape index (κ1) is 23.2. The van der Waals surface area contributed by atoms with Gasteiger partial charge in [-0.25, -0.2) is 9.37 Å². The first-order chi connectivity index (χ1) is 17.0. The second-order valence-corrected chi connectivity index (χ2v) is 9.46. The molecule has 0 radical (unpaired) electrons. The molecular weight excluding hydrogens is 467 g/mol. The molecule has 1 amide bonds. The maximum absolute atomic E-state index is 14.7. The van der Waals surface area contributed by atoms with Gasteiger partial charge < -0.3 is 14.4 Å². The number of thioether (sulfide) groups is 1. The van der Waals surface area contributed by atoms with Crippen LogP contribution >= 0.6 is 11.8 Å². The maximum atomic E-state index is 14.7. The van der Waals surface area contributed by atoms with Gasteiger partial charge in [0, 0.05) is 36.0 Å². The van der Waals surface area contributed by atoms with Crippen LogP contribution in [0.25, 0.3) is 11.4 Å². The average Bonchev–Trinajstić information content (AvgIpc) is 3.31. The molecule has 0 bridgehead atoms. The van der Waals surface area contributed by atoms with Crippen molar-refractivity contribution < 1.29 is 13.7 Å². The molecule has 180 valence electrons. The molecule has 0 fully saturated rings. The highest BCUT2D eigenvalue weighted by molar-refractivity contribution is 7.98. The van der Waals surface area contributed by atoms with Crippen molar-refractivity contribution in [1.29, 1.82) is 0 Å². The van der Waals surface area contributed by atoms with Gasteiger partial charge in [0.25, 0.3) is 5.91 Å². The van der Waals surface area contributed by atoms with Crippen molar-refractivity contribution in [1.82, 2.24) is 24.9 Å². The summed E-state index contributed by atoms with van der Waals surface area (Å²) in [7, 11) is 0. The second-order valence-electron chi connectivity index (χ2n) is 8.50. The van der Waals surface area contributed by atoms with Gasteiger partial charge in [-0.15, -0.1) is 22.0 Å². The lowest BCUT2D eigenvalue weighted by Crippen LogP contribution is -2.15. The van der Waals surface area contributed by atoms with Crippen LogP contribution < -0.4 is 5.32 Å². The van der Waals surface area contributed by atoms with Crippen LogP contribution in [0.3, 0.4) is 0 Å². The lowest BCUT2D eigenvalue weighted by atomic mass is 10.1. The summed E-state index contributed by atoms with van der Waals surface area (Å²) in [5, 5.41) is 15.9. The van der Waals surface area contributed by atoms with Gasteiger partial charge in [-0.2, -0.15) is 0 Å². The molecule has 4 heterocycles. The molecule has 8 nitrogen and oxygen atoms in total. The van der Waals surface area contributed by atoms with E-state index in [1.54, 1.807) is 30.5 Å². The summed E-state index contributed by atoms with van der Waals surface area (Å²) in [5.74, 6) is 1.97. The van der Waals surface area contributed by atoms with E-state index in [1.165, 1.54) is 17.8 Å². The van der Waals surface area contributed by atoms with E-state index in [0.29, 0.717) is 27.7 Å². The molecule has 1 N–H and O–H groups in total. The average molecular weight is 493 g/mol. The number of fused-ring (bicyclic) bond motifs is 1. The molecule has 0 aliphatic carbocycles. The number of halogens is 1. The smallest absolute Gasteiger partial charge is 0.258 e. The number of rotatable bonds is 6. The molecule has 10 heteroatoms. The zero-order valence-electron chi connectivity index (χ0n) is 19.5. The Hall–Kier alpha value is -3.53. The van der Waals surface area contributed by atoms with E-state index >= 15 is 0 Å². The number of carbonyl (C=O) groups is 1. The third-order valence-electron chi connectivity index (χ3n) is 6.13. The Kier molecular flexibility index (Phi) is 6.63. The highest BCUT2D eigenvalue weighted by Crippen LogP contribution is 2.30. The Balaban J connectivity index is 1.38. The number of aromatic nitrogens is 5. The normalized spacial score (nSPS) is 13.3. The molecule has 1 aromatic carbocycles. The number of pyridine rings is 1. The molecular formula is C25H25FN6O2S. The summed E-state index contributed by atoms with van der Waals surface area (Å²) in [4.78, 5) is 17.5. The van der Waals surface area contributed by atoms with Crippen molar-refractivity contribution in [2.24, 2.45) is 0 Å². The Morgan fingerprint density at radius 3 is 2.91 bits per heavy atom. The third-order valence-corrected chi connectivity index (χ3v) is 7.16. The zero-order valence-corrected chi connectivity index (χ0v) is 20.4. The Labute approximate surface area is 206 Å². The number of hydrogen-bond acceptors (Lipinski definition) is 7. The fraction of sp³-hybridized carbons (Fsp3) is 0.320. The molecule has 4 aromatic rings. The van der Waals surface area contributed by atoms with Crippen LogP contribution in [0.15, 0.2) is 46.1 Å². The van der Waals surface area contributed by atoms with Gasteiger partial charge in [0.15, 0.2) is 5.82 Å². The Morgan fingerprint density at radius 1 is 1.20 bits per heavy atom.